The van der Waals surface area contributed by atoms with E-state index in [0.29, 0.717) is 17.0 Å². The van der Waals surface area contributed by atoms with Gasteiger partial charge in [-0.25, -0.2) is 4.98 Å². The molecule has 3 heterocycles. The van der Waals surface area contributed by atoms with Gasteiger partial charge in [-0.15, -0.1) is 0 Å². The first-order valence-corrected chi connectivity index (χ1v) is 7.72. The van der Waals surface area contributed by atoms with Gasteiger partial charge in [-0.2, -0.15) is 4.98 Å². The van der Waals surface area contributed by atoms with Crippen LogP contribution in [0.25, 0.3) is 22.6 Å². The summed E-state index contributed by atoms with van der Waals surface area (Å²) in [4.78, 5) is 27.1. The number of imidazole rings is 1. The maximum absolute atomic E-state index is 12.6. The van der Waals surface area contributed by atoms with E-state index in [1.165, 1.54) is 0 Å². The molecule has 7 heteroatoms. The third-order valence-corrected chi connectivity index (χ3v) is 4.17. The molecule has 0 radical (unpaired) electrons. The normalized spacial score (nSPS) is 15.3. The van der Waals surface area contributed by atoms with Crippen LogP contribution < -0.4 is 15.8 Å². The quantitative estimate of drug-likeness (QED) is 0.730. The molecule has 118 valence electrons. The number of fused-ring (bicyclic) bond motifs is 1. The van der Waals surface area contributed by atoms with Gasteiger partial charge in [-0.05, 0) is 0 Å². The minimum Gasteiger partial charge on any atom is -0.340 e. The Bertz CT molecular complexity index is 892. The van der Waals surface area contributed by atoms with Crippen LogP contribution in [0, 0.1) is 0 Å². The fourth-order valence-electron chi connectivity index (χ4n) is 2.89. The Morgan fingerprint density at radius 3 is 2.57 bits per heavy atom. The molecule has 0 spiro atoms. The van der Waals surface area contributed by atoms with E-state index in [9.17, 15) is 4.79 Å². The summed E-state index contributed by atoms with van der Waals surface area (Å²) in [5.74, 6) is 1.35. The third-order valence-electron chi connectivity index (χ3n) is 4.17. The van der Waals surface area contributed by atoms with Crippen LogP contribution in [-0.2, 0) is 7.05 Å². The Morgan fingerprint density at radius 2 is 1.83 bits per heavy atom. The molecular formula is C16H18N6O. The van der Waals surface area contributed by atoms with Crippen molar-refractivity contribution in [2.45, 2.75) is 0 Å². The van der Waals surface area contributed by atoms with Crippen LogP contribution in [0.15, 0.2) is 35.1 Å². The maximum Gasteiger partial charge on any atom is 0.279 e. The highest BCUT2D eigenvalue weighted by molar-refractivity contribution is 5.75. The standard InChI is InChI=1S/C16H18N6O/c1-21-14(11-5-3-2-4-6-11)19-13-12(15(21)23)18-16(20-13)22-9-7-17-8-10-22/h2-6,17H,7-10H2,1H3,(H,18,20). The highest BCUT2D eigenvalue weighted by Gasteiger charge is 2.18. The fraction of sp³-hybridized carbons (Fsp3) is 0.312. The molecule has 7 nitrogen and oxygen atoms in total. The molecule has 0 aliphatic carbocycles. The number of nitrogens with one attached hydrogen (secondary N) is 2. The Morgan fingerprint density at radius 1 is 1.09 bits per heavy atom. The summed E-state index contributed by atoms with van der Waals surface area (Å²) in [6.07, 6.45) is 0. The number of piperazine rings is 1. The minimum absolute atomic E-state index is 0.109. The molecule has 1 aliphatic heterocycles. The molecule has 0 unspecified atom stereocenters. The number of nitrogens with zero attached hydrogens (tertiary/aromatic N) is 4. The first-order valence-electron chi connectivity index (χ1n) is 7.72. The van der Waals surface area contributed by atoms with E-state index in [0.717, 1.165) is 37.7 Å². The van der Waals surface area contributed by atoms with Gasteiger partial charge in [-0.1, -0.05) is 30.3 Å². The van der Waals surface area contributed by atoms with E-state index in [4.69, 9.17) is 0 Å². The summed E-state index contributed by atoms with van der Waals surface area (Å²) in [5.41, 5.74) is 1.73. The Hall–Kier alpha value is -2.67. The molecule has 1 aliphatic rings. The second kappa shape index (κ2) is 5.51. The van der Waals surface area contributed by atoms with E-state index < -0.39 is 0 Å². The van der Waals surface area contributed by atoms with E-state index in [2.05, 4.69) is 25.2 Å². The third kappa shape index (κ3) is 2.39. The van der Waals surface area contributed by atoms with Crippen molar-refractivity contribution in [3.63, 3.8) is 0 Å². The number of benzene rings is 1. The molecule has 1 saturated heterocycles. The van der Waals surface area contributed by atoms with Crippen molar-refractivity contribution >= 4 is 17.1 Å². The van der Waals surface area contributed by atoms with Crippen molar-refractivity contribution < 1.29 is 0 Å². The molecule has 4 rings (SSSR count). The molecule has 0 amide bonds. The van der Waals surface area contributed by atoms with Crippen LogP contribution in [0.1, 0.15) is 0 Å². The lowest BCUT2D eigenvalue weighted by molar-refractivity contribution is 0.582. The fourth-order valence-corrected chi connectivity index (χ4v) is 2.89. The average molecular weight is 310 g/mol. The maximum atomic E-state index is 12.6. The van der Waals surface area contributed by atoms with Crippen LogP contribution in [-0.4, -0.2) is 45.7 Å². The number of aromatic amines is 1. The monoisotopic (exact) mass is 310 g/mol. The topological polar surface area (TPSA) is 78.8 Å². The Kier molecular flexibility index (Phi) is 3.34. The van der Waals surface area contributed by atoms with Gasteiger partial charge in [0, 0.05) is 38.8 Å². The predicted molar refractivity (Wildman–Crippen MR) is 89.6 cm³/mol. The molecule has 2 N–H and O–H groups in total. The number of anilines is 1. The highest BCUT2D eigenvalue weighted by Crippen LogP contribution is 2.19. The molecule has 23 heavy (non-hydrogen) atoms. The zero-order valence-corrected chi connectivity index (χ0v) is 12.9. The van der Waals surface area contributed by atoms with E-state index in [-0.39, 0.29) is 5.56 Å². The van der Waals surface area contributed by atoms with Gasteiger partial charge < -0.3 is 15.2 Å². The molecule has 0 saturated carbocycles. The second-order valence-electron chi connectivity index (χ2n) is 5.66. The summed E-state index contributed by atoms with van der Waals surface area (Å²) in [5, 5.41) is 3.30. The van der Waals surface area contributed by atoms with Gasteiger partial charge in [0.2, 0.25) is 5.95 Å². The molecule has 3 aromatic rings. The summed E-state index contributed by atoms with van der Waals surface area (Å²) in [6, 6.07) is 9.69. The largest absolute Gasteiger partial charge is 0.340 e. The van der Waals surface area contributed by atoms with Crippen molar-refractivity contribution in [2.24, 2.45) is 7.05 Å². The SMILES string of the molecule is Cn1c(-c2ccccc2)nc2nc(N3CCNCC3)[nH]c2c1=O. The number of H-pyrrole nitrogens is 1. The lowest BCUT2D eigenvalue weighted by atomic mass is 10.2. The van der Waals surface area contributed by atoms with Crippen molar-refractivity contribution in [3.8, 4) is 11.4 Å². The van der Waals surface area contributed by atoms with Crippen molar-refractivity contribution in [1.29, 1.82) is 0 Å². The molecule has 1 fully saturated rings. The van der Waals surface area contributed by atoms with Crippen LogP contribution in [0.2, 0.25) is 0 Å². The lowest BCUT2D eigenvalue weighted by Crippen LogP contribution is -2.44. The highest BCUT2D eigenvalue weighted by atomic mass is 16.1. The van der Waals surface area contributed by atoms with Crippen molar-refractivity contribution in [2.75, 3.05) is 31.1 Å². The van der Waals surface area contributed by atoms with E-state index in [1.54, 1.807) is 11.6 Å². The van der Waals surface area contributed by atoms with Gasteiger partial charge in [0.25, 0.3) is 5.56 Å². The van der Waals surface area contributed by atoms with Crippen LogP contribution in [0.4, 0.5) is 5.95 Å². The van der Waals surface area contributed by atoms with Crippen molar-refractivity contribution in [3.05, 3.63) is 40.7 Å². The van der Waals surface area contributed by atoms with E-state index >= 15 is 0 Å². The number of hydrogen-bond acceptors (Lipinski definition) is 5. The van der Waals surface area contributed by atoms with Crippen LogP contribution in [0.5, 0.6) is 0 Å². The van der Waals surface area contributed by atoms with Crippen LogP contribution >= 0.6 is 0 Å². The Balaban J connectivity index is 1.85. The van der Waals surface area contributed by atoms with Gasteiger partial charge >= 0.3 is 0 Å². The van der Waals surface area contributed by atoms with Crippen LogP contribution in [0.3, 0.4) is 0 Å². The average Bonchev–Trinajstić information content (AvgIpc) is 3.04. The Labute approximate surface area is 133 Å². The molecule has 0 atom stereocenters. The minimum atomic E-state index is -0.109. The first kappa shape index (κ1) is 14.0. The number of aromatic nitrogens is 4. The zero-order chi connectivity index (χ0) is 15.8. The van der Waals surface area contributed by atoms with Gasteiger partial charge in [-0.3, -0.25) is 9.36 Å². The first-order chi connectivity index (χ1) is 11.2. The van der Waals surface area contributed by atoms with Gasteiger partial charge in [0.1, 0.15) is 5.82 Å². The summed E-state index contributed by atoms with van der Waals surface area (Å²) >= 11 is 0. The number of hydrogen-bond donors (Lipinski definition) is 2. The molecule has 1 aromatic carbocycles. The summed E-state index contributed by atoms with van der Waals surface area (Å²) in [6.45, 7) is 3.56. The smallest absolute Gasteiger partial charge is 0.279 e. The molecule has 2 aromatic heterocycles. The predicted octanol–water partition coefficient (Wildman–Crippen LogP) is 0.733. The zero-order valence-electron chi connectivity index (χ0n) is 12.9. The lowest BCUT2D eigenvalue weighted by Gasteiger charge is -2.26. The summed E-state index contributed by atoms with van der Waals surface area (Å²) in [7, 11) is 1.74. The van der Waals surface area contributed by atoms with Crippen molar-refractivity contribution in [1.82, 2.24) is 24.8 Å². The van der Waals surface area contributed by atoms with Gasteiger partial charge in [0.05, 0.1) is 0 Å². The van der Waals surface area contributed by atoms with E-state index in [1.807, 2.05) is 30.3 Å². The van der Waals surface area contributed by atoms with Gasteiger partial charge in [0.15, 0.2) is 11.2 Å². The number of rotatable bonds is 2. The molecule has 0 bridgehead atoms. The summed E-state index contributed by atoms with van der Waals surface area (Å²) < 4.78 is 1.57. The second-order valence-corrected chi connectivity index (χ2v) is 5.66. The molecular weight excluding hydrogens is 292 g/mol.